The normalized spacial score (nSPS) is 26.4. The molecule has 2 heterocycles. The second kappa shape index (κ2) is 10.2. The van der Waals surface area contributed by atoms with Gasteiger partial charge < -0.3 is 13.6 Å². The minimum atomic E-state index is -2.50. The molecule has 0 unspecified atom stereocenters. The van der Waals surface area contributed by atoms with E-state index in [9.17, 15) is 14.0 Å². The van der Waals surface area contributed by atoms with Crippen LogP contribution in [-0.2, 0) is 13.6 Å². The minimum Gasteiger partial charge on any atom is -0.414 e. The molecule has 0 bridgehead atoms. The fraction of sp³-hybridized carbons (Fsp3) is 0.826. The van der Waals surface area contributed by atoms with Gasteiger partial charge in [0, 0.05) is 5.75 Å². The zero-order valence-corrected chi connectivity index (χ0v) is 25.7. The lowest BCUT2D eigenvalue weighted by molar-refractivity contribution is -0.109. The van der Waals surface area contributed by atoms with Crippen LogP contribution in [0.2, 0.25) is 36.3 Å². The van der Waals surface area contributed by atoms with Crippen LogP contribution in [0.15, 0.2) is 15.8 Å². The van der Waals surface area contributed by atoms with Crippen LogP contribution in [0.1, 0.15) is 47.8 Å². The zero-order valence-electron chi connectivity index (χ0n) is 22.9. The second-order valence-corrected chi connectivity index (χ2v) is 22.9. The largest absolute Gasteiger partial charge is 0.414 e. The molecule has 2 rings (SSSR count). The summed E-state index contributed by atoms with van der Waals surface area (Å²) in [6, 6.07) is 0. The fourth-order valence-electron chi connectivity index (χ4n) is 3.38. The number of ether oxygens (including phenoxy) is 1. The Morgan fingerprint density at radius 1 is 1.11 bits per heavy atom. The van der Waals surface area contributed by atoms with Crippen LogP contribution in [0.4, 0.5) is 8.78 Å². The first-order chi connectivity index (χ1) is 15.7. The molecule has 35 heavy (non-hydrogen) atoms. The van der Waals surface area contributed by atoms with E-state index in [-0.39, 0.29) is 16.7 Å². The second-order valence-electron chi connectivity index (χ2n) is 12.4. The van der Waals surface area contributed by atoms with Crippen LogP contribution in [0.5, 0.6) is 0 Å². The summed E-state index contributed by atoms with van der Waals surface area (Å²) in [4.78, 5) is 26.0. The van der Waals surface area contributed by atoms with Gasteiger partial charge in [0.25, 0.3) is 5.56 Å². The van der Waals surface area contributed by atoms with Gasteiger partial charge in [-0.2, -0.15) is 16.2 Å². The molecule has 0 aliphatic carbocycles. The Bertz CT molecular complexity index is 1020. The molecular weight excluding hydrogens is 510 g/mol. The summed E-state index contributed by atoms with van der Waals surface area (Å²) in [5, 5.41) is -0.299. The predicted molar refractivity (Wildman–Crippen MR) is 143 cm³/mol. The number of nitrogens with zero attached hydrogens (tertiary/aromatic N) is 1. The summed E-state index contributed by atoms with van der Waals surface area (Å²) in [5.41, 5.74) is -3.33. The van der Waals surface area contributed by atoms with Gasteiger partial charge in [-0.15, -0.1) is 0 Å². The molecule has 1 aromatic heterocycles. The zero-order chi connectivity index (χ0) is 27.2. The summed E-state index contributed by atoms with van der Waals surface area (Å²) in [7, 11) is -4.75. The number of alkyl halides is 1. The lowest BCUT2D eigenvalue weighted by Crippen LogP contribution is -2.57. The lowest BCUT2D eigenvalue weighted by Gasteiger charge is -2.45. The van der Waals surface area contributed by atoms with E-state index in [0.717, 1.165) is 4.57 Å². The highest BCUT2D eigenvalue weighted by Crippen LogP contribution is 2.48. The summed E-state index contributed by atoms with van der Waals surface area (Å²) in [6.45, 7) is 20.8. The summed E-state index contributed by atoms with van der Waals surface area (Å²) in [6.07, 6.45) is -1.73. The van der Waals surface area contributed by atoms with Gasteiger partial charge in [-0.3, -0.25) is 14.3 Å². The Labute approximate surface area is 213 Å². The van der Waals surface area contributed by atoms with Crippen LogP contribution >= 0.6 is 11.8 Å². The first-order valence-electron chi connectivity index (χ1n) is 11.8. The molecule has 0 aromatic carbocycles. The van der Waals surface area contributed by atoms with Crippen molar-refractivity contribution in [3.8, 4) is 0 Å². The molecule has 0 spiro atoms. The molecule has 7 nitrogen and oxygen atoms in total. The quantitative estimate of drug-likeness (QED) is 0.454. The van der Waals surface area contributed by atoms with Gasteiger partial charge in [0.05, 0.1) is 12.8 Å². The third-order valence-electron chi connectivity index (χ3n) is 7.73. The average Bonchev–Trinajstić information content (AvgIpc) is 2.94. The van der Waals surface area contributed by atoms with E-state index in [1.165, 1.54) is 11.8 Å². The van der Waals surface area contributed by atoms with E-state index < -0.39 is 57.8 Å². The van der Waals surface area contributed by atoms with Crippen molar-refractivity contribution >= 4 is 28.4 Å². The molecule has 1 aliphatic heterocycles. The first kappa shape index (κ1) is 30.4. The fourth-order valence-corrected chi connectivity index (χ4v) is 6.55. The number of hydrogen-bond donors (Lipinski definition) is 1. The topological polar surface area (TPSA) is 82.5 Å². The Balaban J connectivity index is 2.62. The van der Waals surface area contributed by atoms with Crippen LogP contribution in [0.25, 0.3) is 0 Å². The molecule has 202 valence electrons. The van der Waals surface area contributed by atoms with Crippen molar-refractivity contribution in [2.45, 2.75) is 102 Å². The maximum absolute atomic E-state index is 16.3. The van der Waals surface area contributed by atoms with Gasteiger partial charge in [-0.1, -0.05) is 41.5 Å². The van der Waals surface area contributed by atoms with Crippen LogP contribution < -0.4 is 11.2 Å². The predicted octanol–water partition coefficient (Wildman–Crippen LogP) is 5.06. The molecule has 0 amide bonds. The van der Waals surface area contributed by atoms with E-state index in [0.29, 0.717) is 11.9 Å². The minimum absolute atomic E-state index is 0.0706. The molecule has 4 atom stereocenters. The standard InChI is InChI=1S/C23H42F2N2O5SSi2/c1-21(2,3)34(8,9)30-13-23(14-33-7)17(32-35(10,11)22(4,5)6)16(25)19(31-23)27-12-15(24)18(28)26-20(27)29/h12,16-17,19H,13-14H2,1-11H3,(H,26,28,29)/t16-,17-,19+,23-/m0/s1. The van der Waals surface area contributed by atoms with E-state index in [1.807, 2.05) is 24.3 Å². The highest BCUT2D eigenvalue weighted by atomic mass is 32.2. The summed E-state index contributed by atoms with van der Waals surface area (Å²) < 4.78 is 50.6. The molecule has 0 saturated carbocycles. The van der Waals surface area contributed by atoms with Crippen LogP contribution in [0.3, 0.4) is 0 Å². The number of rotatable bonds is 8. The van der Waals surface area contributed by atoms with Gasteiger partial charge in [0.1, 0.15) is 11.7 Å². The maximum Gasteiger partial charge on any atom is 0.330 e. The van der Waals surface area contributed by atoms with Crippen molar-refractivity contribution in [2.75, 3.05) is 18.6 Å². The van der Waals surface area contributed by atoms with Gasteiger partial charge in [0.15, 0.2) is 29.0 Å². The van der Waals surface area contributed by atoms with Gasteiger partial charge in [0.2, 0.25) is 5.82 Å². The number of aromatic amines is 1. The van der Waals surface area contributed by atoms with E-state index in [4.69, 9.17) is 13.6 Å². The third kappa shape index (κ3) is 6.20. The SMILES string of the molecule is CSC[C@]1(CO[Si](C)(C)C(C)(C)C)O[C@@H](n2cc(F)c(=O)[nH]c2=O)[C@@H](F)[C@@H]1O[Si](C)(C)C(C)(C)C. The molecule has 1 aromatic rings. The van der Waals surface area contributed by atoms with Gasteiger partial charge in [-0.25, -0.2) is 9.18 Å². The highest BCUT2D eigenvalue weighted by molar-refractivity contribution is 7.98. The summed E-state index contributed by atoms with van der Waals surface area (Å²) >= 11 is 1.46. The van der Waals surface area contributed by atoms with Crippen LogP contribution in [0, 0.1) is 5.82 Å². The maximum atomic E-state index is 16.3. The Morgan fingerprint density at radius 3 is 2.14 bits per heavy atom. The van der Waals surface area contributed by atoms with Crippen molar-refractivity contribution in [3.05, 3.63) is 32.9 Å². The first-order valence-corrected chi connectivity index (χ1v) is 19.0. The molecular formula is C23H42F2N2O5SSi2. The van der Waals surface area contributed by atoms with E-state index in [1.54, 1.807) is 0 Å². The Morgan fingerprint density at radius 2 is 1.66 bits per heavy atom. The lowest BCUT2D eigenvalue weighted by atomic mass is 9.99. The molecule has 0 radical (unpaired) electrons. The number of aromatic nitrogens is 2. The van der Waals surface area contributed by atoms with Gasteiger partial charge in [-0.05, 0) is 42.5 Å². The molecule has 1 N–H and O–H groups in total. The number of H-pyrrole nitrogens is 1. The summed E-state index contributed by atoms with van der Waals surface area (Å²) in [5.74, 6) is -0.847. The van der Waals surface area contributed by atoms with Gasteiger partial charge >= 0.3 is 5.69 Å². The molecule has 1 aliphatic rings. The number of thioether (sulfide) groups is 1. The molecule has 1 saturated heterocycles. The molecule has 1 fully saturated rings. The number of nitrogens with one attached hydrogen (secondary N) is 1. The Hall–Kier alpha value is -0.796. The average molecular weight is 553 g/mol. The highest BCUT2D eigenvalue weighted by Gasteiger charge is 2.60. The van der Waals surface area contributed by atoms with Crippen molar-refractivity contribution in [3.63, 3.8) is 0 Å². The van der Waals surface area contributed by atoms with Crippen molar-refractivity contribution in [2.24, 2.45) is 0 Å². The number of halogens is 2. The van der Waals surface area contributed by atoms with E-state index >= 15 is 4.39 Å². The number of hydrogen-bond acceptors (Lipinski definition) is 6. The monoisotopic (exact) mass is 552 g/mol. The van der Waals surface area contributed by atoms with Crippen molar-refractivity contribution in [1.82, 2.24) is 9.55 Å². The van der Waals surface area contributed by atoms with Crippen molar-refractivity contribution in [1.29, 1.82) is 0 Å². The Kier molecular flexibility index (Phi) is 8.84. The third-order valence-corrected chi connectivity index (χ3v) is 17.4. The smallest absolute Gasteiger partial charge is 0.330 e. The van der Waals surface area contributed by atoms with Crippen molar-refractivity contribution < 1.29 is 22.4 Å². The van der Waals surface area contributed by atoms with E-state index in [2.05, 4.69) is 54.6 Å². The molecule has 12 heteroatoms. The van der Waals surface area contributed by atoms with Crippen LogP contribution in [-0.4, -0.2) is 62.7 Å².